The van der Waals surface area contributed by atoms with E-state index in [4.69, 9.17) is 5.73 Å². The maximum absolute atomic E-state index is 10.6. The molecule has 1 rings (SSSR count). The molecule has 1 aromatic rings. The van der Waals surface area contributed by atoms with Gasteiger partial charge in [-0.05, 0) is 31.0 Å². The van der Waals surface area contributed by atoms with Crippen LogP contribution in [0, 0.1) is 13.8 Å². The topological polar surface area (TPSA) is 56.0 Å². The molecule has 13 heavy (non-hydrogen) atoms. The molecule has 1 amide bonds. The average molecular weight is 180 g/mol. The first-order chi connectivity index (χ1) is 6.11. The normalized spacial score (nSPS) is 8.62. The van der Waals surface area contributed by atoms with Crippen LogP contribution in [0.25, 0.3) is 0 Å². The van der Waals surface area contributed by atoms with Crippen LogP contribution in [0.5, 0.6) is 0 Å². The fourth-order valence-corrected chi connectivity index (χ4v) is 0.759. The number of amides is 1. The minimum absolute atomic E-state index is 0.327. The lowest BCUT2D eigenvalue weighted by Crippen LogP contribution is -2.13. The van der Waals surface area contributed by atoms with E-state index in [2.05, 4.69) is 4.98 Å². The van der Waals surface area contributed by atoms with Gasteiger partial charge in [0.05, 0.1) is 0 Å². The van der Waals surface area contributed by atoms with E-state index in [-0.39, 0.29) is 0 Å². The molecule has 2 N–H and O–H groups in total. The maximum atomic E-state index is 10.6. The molecule has 0 aromatic carbocycles. The molecule has 0 radical (unpaired) electrons. The minimum Gasteiger partial charge on any atom is -0.364 e. The number of pyridine rings is 1. The van der Waals surface area contributed by atoms with Crippen LogP contribution < -0.4 is 5.73 Å². The Balaban J connectivity index is 0.000000671. The summed E-state index contributed by atoms with van der Waals surface area (Å²) in [6, 6.07) is 1.69. The predicted octanol–water partition coefficient (Wildman–Crippen LogP) is 1.82. The van der Waals surface area contributed by atoms with Gasteiger partial charge in [0, 0.05) is 6.20 Å². The van der Waals surface area contributed by atoms with Crippen molar-refractivity contribution >= 4 is 5.91 Å². The Morgan fingerprint density at radius 2 is 1.85 bits per heavy atom. The van der Waals surface area contributed by atoms with Crippen LogP contribution in [0.3, 0.4) is 0 Å². The van der Waals surface area contributed by atoms with Crippen molar-refractivity contribution < 1.29 is 4.79 Å². The molecular weight excluding hydrogens is 164 g/mol. The van der Waals surface area contributed by atoms with E-state index in [0.717, 1.165) is 11.1 Å². The van der Waals surface area contributed by atoms with Crippen LogP contribution in [-0.2, 0) is 0 Å². The summed E-state index contributed by atoms with van der Waals surface area (Å²) in [6.07, 6.45) is 1.65. The van der Waals surface area contributed by atoms with Crippen molar-refractivity contribution in [3.8, 4) is 0 Å². The Labute approximate surface area is 79.0 Å². The second kappa shape index (κ2) is 5.30. The molecule has 0 aliphatic heterocycles. The number of nitrogens with zero attached hydrogens (tertiary/aromatic N) is 1. The molecular formula is C10H16N2O. The second-order valence-electron chi connectivity index (χ2n) is 2.52. The van der Waals surface area contributed by atoms with Gasteiger partial charge in [0.2, 0.25) is 0 Å². The number of hydrogen-bond acceptors (Lipinski definition) is 2. The predicted molar refractivity (Wildman–Crippen MR) is 53.6 cm³/mol. The number of primary amides is 1. The van der Waals surface area contributed by atoms with Crippen molar-refractivity contribution in [1.29, 1.82) is 0 Å². The molecule has 72 valence electrons. The molecule has 1 heterocycles. The lowest BCUT2D eigenvalue weighted by Gasteiger charge is -1.99. The molecule has 0 fully saturated rings. The van der Waals surface area contributed by atoms with E-state index in [1.807, 2.05) is 27.7 Å². The van der Waals surface area contributed by atoms with Gasteiger partial charge in [-0.25, -0.2) is 0 Å². The summed E-state index contributed by atoms with van der Waals surface area (Å²) >= 11 is 0. The zero-order valence-electron chi connectivity index (χ0n) is 8.59. The highest BCUT2D eigenvalue weighted by Crippen LogP contribution is 2.05. The van der Waals surface area contributed by atoms with Crippen LogP contribution >= 0.6 is 0 Å². The van der Waals surface area contributed by atoms with E-state index in [0.29, 0.717) is 5.69 Å². The Bertz CT molecular complexity index is 295. The van der Waals surface area contributed by atoms with Crippen molar-refractivity contribution in [2.75, 3.05) is 0 Å². The van der Waals surface area contributed by atoms with Crippen molar-refractivity contribution in [1.82, 2.24) is 4.98 Å². The van der Waals surface area contributed by atoms with E-state index >= 15 is 0 Å². The highest BCUT2D eigenvalue weighted by atomic mass is 16.1. The number of rotatable bonds is 1. The molecule has 0 saturated heterocycles. The summed E-state index contributed by atoms with van der Waals surface area (Å²) in [7, 11) is 0. The first kappa shape index (κ1) is 11.6. The molecule has 1 aromatic heterocycles. The van der Waals surface area contributed by atoms with Gasteiger partial charge in [-0.15, -0.1) is 0 Å². The Kier molecular flexibility index (Phi) is 4.74. The molecule has 0 aliphatic rings. The fourth-order valence-electron chi connectivity index (χ4n) is 0.759. The molecule has 0 bridgehead atoms. The number of aromatic nitrogens is 1. The van der Waals surface area contributed by atoms with Crippen molar-refractivity contribution in [3.63, 3.8) is 0 Å². The molecule has 0 unspecified atom stereocenters. The van der Waals surface area contributed by atoms with Gasteiger partial charge >= 0.3 is 0 Å². The monoisotopic (exact) mass is 180 g/mol. The second-order valence-corrected chi connectivity index (χ2v) is 2.52. The summed E-state index contributed by atoms with van der Waals surface area (Å²) in [6.45, 7) is 7.86. The number of carbonyl (C=O) groups excluding carboxylic acids is 1. The smallest absolute Gasteiger partial charge is 0.267 e. The minimum atomic E-state index is -0.479. The average Bonchev–Trinajstić information content (AvgIpc) is 2.13. The van der Waals surface area contributed by atoms with Gasteiger partial charge in [0.25, 0.3) is 5.91 Å². The lowest BCUT2D eigenvalue weighted by molar-refractivity contribution is 0.0995. The number of aryl methyl sites for hydroxylation is 2. The van der Waals surface area contributed by atoms with Gasteiger partial charge < -0.3 is 5.73 Å². The molecule has 0 atom stereocenters. The van der Waals surface area contributed by atoms with Gasteiger partial charge in [0.1, 0.15) is 5.69 Å². The van der Waals surface area contributed by atoms with E-state index < -0.39 is 5.91 Å². The maximum Gasteiger partial charge on any atom is 0.267 e. The molecule has 3 nitrogen and oxygen atoms in total. The molecule has 0 aliphatic carbocycles. The van der Waals surface area contributed by atoms with Crippen LogP contribution in [-0.4, -0.2) is 10.9 Å². The van der Waals surface area contributed by atoms with Crippen LogP contribution in [0.1, 0.15) is 35.5 Å². The largest absolute Gasteiger partial charge is 0.364 e. The zero-order chi connectivity index (χ0) is 10.4. The Morgan fingerprint density at radius 1 is 1.31 bits per heavy atom. The molecule has 3 heteroatoms. The van der Waals surface area contributed by atoms with Crippen LogP contribution in [0.15, 0.2) is 12.3 Å². The SMILES string of the molecule is CC.Cc1cnc(C(N)=O)cc1C. The number of nitrogens with two attached hydrogens (primary N) is 1. The highest BCUT2D eigenvalue weighted by molar-refractivity contribution is 5.90. The summed E-state index contributed by atoms with van der Waals surface area (Å²) in [5, 5.41) is 0. The van der Waals surface area contributed by atoms with Gasteiger partial charge in [-0.2, -0.15) is 0 Å². The van der Waals surface area contributed by atoms with E-state index in [1.165, 1.54) is 0 Å². The quantitative estimate of drug-likeness (QED) is 0.716. The number of hydrogen-bond donors (Lipinski definition) is 1. The summed E-state index contributed by atoms with van der Waals surface area (Å²) in [5.41, 5.74) is 7.46. The summed E-state index contributed by atoms with van der Waals surface area (Å²) < 4.78 is 0. The van der Waals surface area contributed by atoms with Crippen LogP contribution in [0.2, 0.25) is 0 Å². The Hall–Kier alpha value is -1.38. The van der Waals surface area contributed by atoms with Gasteiger partial charge in [-0.3, -0.25) is 9.78 Å². The fraction of sp³-hybridized carbons (Fsp3) is 0.400. The zero-order valence-corrected chi connectivity index (χ0v) is 8.59. The molecule has 0 spiro atoms. The van der Waals surface area contributed by atoms with Crippen molar-refractivity contribution in [2.24, 2.45) is 5.73 Å². The third-order valence-corrected chi connectivity index (χ3v) is 1.62. The Morgan fingerprint density at radius 3 is 2.23 bits per heavy atom. The first-order valence-corrected chi connectivity index (χ1v) is 4.34. The van der Waals surface area contributed by atoms with E-state index in [9.17, 15) is 4.79 Å². The summed E-state index contributed by atoms with van der Waals surface area (Å²) in [5.74, 6) is -0.479. The van der Waals surface area contributed by atoms with Gasteiger partial charge in [0.15, 0.2) is 0 Å². The highest BCUT2D eigenvalue weighted by Gasteiger charge is 2.01. The van der Waals surface area contributed by atoms with Crippen molar-refractivity contribution in [3.05, 3.63) is 29.1 Å². The molecule has 0 saturated carbocycles. The third kappa shape index (κ3) is 3.23. The third-order valence-electron chi connectivity index (χ3n) is 1.62. The van der Waals surface area contributed by atoms with E-state index in [1.54, 1.807) is 12.3 Å². The summed E-state index contributed by atoms with van der Waals surface area (Å²) in [4.78, 5) is 14.5. The number of carbonyl (C=O) groups is 1. The first-order valence-electron chi connectivity index (χ1n) is 4.34. The van der Waals surface area contributed by atoms with Crippen molar-refractivity contribution in [2.45, 2.75) is 27.7 Å². The van der Waals surface area contributed by atoms with Crippen LogP contribution in [0.4, 0.5) is 0 Å². The van der Waals surface area contributed by atoms with Gasteiger partial charge in [-0.1, -0.05) is 13.8 Å². The lowest BCUT2D eigenvalue weighted by atomic mass is 10.1. The standard InChI is InChI=1S/C8H10N2O.C2H6/c1-5-3-7(8(9)11)10-4-6(5)2;1-2/h3-4H,1-2H3,(H2,9,11);1-2H3.